The first-order valence-electron chi connectivity index (χ1n) is 2.74. The second-order valence-electron chi connectivity index (χ2n) is 2.19. The molecule has 0 bridgehead atoms. The maximum absolute atomic E-state index is 10.9. The quantitative estimate of drug-likeness (QED) is 0.421. The van der Waals surface area contributed by atoms with E-state index in [1.54, 1.807) is 6.92 Å². The highest BCUT2D eigenvalue weighted by atomic mass is 35.5. The Kier molecular flexibility index (Phi) is 1.95. The maximum atomic E-state index is 10.9. The van der Waals surface area contributed by atoms with E-state index in [-0.39, 0.29) is 0 Å². The van der Waals surface area contributed by atoms with Crippen LogP contribution in [0.5, 0.6) is 0 Å². The molecule has 0 aliphatic carbocycles. The minimum Gasteiger partial charge on any atom is -0.757 e. The Balaban J connectivity index is 2.88. The zero-order chi connectivity index (χ0) is 7.78. The van der Waals surface area contributed by atoms with E-state index in [4.69, 9.17) is 23.2 Å². The van der Waals surface area contributed by atoms with Crippen LogP contribution in [0, 0.1) is 5.21 Å². The van der Waals surface area contributed by atoms with Crippen LogP contribution in [-0.4, -0.2) is 10.1 Å². The first-order chi connectivity index (χ1) is 4.52. The van der Waals surface area contributed by atoms with Crippen LogP contribution >= 0.6 is 23.2 Å². The molecule has 0 aromatic carbocycles. The van der Waals surface area contributed by atoms with Crippen molar-refractivity contribution in [3.05, 3.63) is 28.6 Å². The molecule has 0 spiro atoms. The minimum atomic E-state index is -1.02. The van der Waals surface area contributed by atoms with Crippen LogP contribution < -0.4 is 0 Å². The summed E-state index contributed by atoms with van der Waals surface area (Å²) in [5.74, 6) is 0. The normalized spacial score (nSPS) is 32.4. The van der Waals surface area contributed by atoms with Crippen molar-refractivity contribution < 1.29 is 0 Å². The van der Waals surface area contributed by atoms with Gasteiger partial charge in [-0.3, -0.25) is 0 Å². The molecule has 0 radical (unpaired) electrons. The highest BCUT2D eigenvalue weighted by Crippen LogP contribution is 2.28. The molecule has 1 heterocycles. The van der Waals surface area contributed by atoms with E-state index in [2.05, 4.69) is 0 Å². The lowest BCUT2D eigenvalue weighted by Gasteiger charge is -2.40. The summed E-state index contributed by atoms with van der Waals surface area (Å²) in [7, 11) is 0. The fourth-order valence-electron chi connectivity index (χ4n) is 0.648. The average molecular weight is 179 g/mol. The standard InChI is InChI=1S/C6H6Cl2NO/c1-6(8)4-5(7)2-3-9(6)10/h2-4H,1H3/q-1. The molecule has 0 saturated heterocycles. The van der Waals surface area contributed by atoms with E-state index >= 15 is 0 Å². The molecule has 0 N–H and O–H groups in total. The number of alkyl halides is 1. The third kappa shape index (κ3) is 1.45. The van der Waals surface area contributed by atoms with Crippen molar-refractivity contribution in [3.8, 4) is 0 Å². The average Bonchev–Trinajstić information content (AvgIpc) is 1.78. The second kappa shape index (κ2) is 2.46. The van der Waals surface area contributed by atoms with Crippen molar-refractivity contribution >= 4 is 23.2 Å². The molecule has 0 saturated carbocycles. The van der Waals surface area contributed by atoms with Crippen molar-refractivity contribution in [3.63, 3.8) is 0 Å². The van der Waals surface area contributed by atoms with Crippen LogP contribution in [0.3, 0.4) is 0 Å². The Morgan fingerprint density at radius 1 is 1.70 bits per heavy atom. The zero-order valence-corrected chi connectivity index (χ0v) is 6.86. The highest BCUT2D eigenvalue weighted by Gasteiger charge is 2.20. The monoisotopic (exact) mass is 178 g/mol. The van der Waals surface area contributed by atoms with Crippen molar-refractivity contribution in [2.24, 2.45) is 0 Å². The minimum absolute atomic E-state index is 0.490. The van der Waals surface area contributed by atoms with Gasteiger partial charge in [-0.25, -0.2) is 0 Å². The Hall–Kier alpha value is -0.180. The highest BCUT2D eigenvalue weighted by molar-refractivity contribution is 6.33. The van der Waals surface area contributed by atoms with Crippen molar-refractivity contribution in [1.82, 2.24) is 5.06 Å². The third-order valence-electron chi connectivity index (χ3n) is 1.20. The van der Waals surface area contributed by atoms with E-state index in [1.807, 2.05) is 0 Å². The lowest BCUT2D eigenvalue weighted by atomic mass is 10.2. The van der Waals surface area contributed by atoms with E-state index in [9.17, 15) is 5.21 Å². The predicted molar refractivity (Wildman–Crippen MR) is 42.5 cm³/mol. The summed E-state index contributed by atoms with van der Waals surface area (Å²) in [6.45, 7) is 1.58. The number of hydrogen-bond donors (Lipinski definition) is 0. The van der Waals surface area contributed by atoms with Crippen LogP contribution in [0.15, 0.2) is 23.4 Å². The molecule has 0 aromatic heterocycles. The lowest BCUT2D eigenvalue weighted by Crippen LogP contribution is -2.32. The van der Waals surface area contributed by atoms with Crippen LogP contribution in [0.4, 0.5) is 0 Å². The van der Waals surface area contributed by atoms with Gasteiger partial charge in [0.2, 0.25) is 0 Å². The predicted octanol–water partition coefficient (Wildman–Crippen LogP) is 2.39. The molecular weight excluding hydrogens is 173 g/mol. The summed E-state index contributed by atoms with van der Waals surface area (Å²) in [6.07, 6.45) is 4.29. The largest absolute Gasteiger partial charge is 0.757 e. The van der Waals surface area contributed by atoms with Gasteiger partial charge in [0.1, 0.15) is 5.00 Å². The maximum Gasteiger partial charge on any atom is 0.122 e. The van der Waals surface area contributed by atoms with Gasteiger partial charge in [0.25, 0.3) is 0 Å². The van der Waals surface area contributed by atoms with E-state index in [1.165, 1.54) is 18.4 Å². The summed E-state index contributed by atoms with van der Waals surface area (Å²) in [5.41, 5.74) is 0. The molecule has 56 valence electrons. The molecule has 1 rings (SSSR count). The fraction of sp³-hybridized carbons (Fsp3) is 0.333. The van der Waals surface area contributed by atoms with Gasteiger partial charge >= 0.3 is 0 Å². The summed E-state index contributed by atoms with van der Waals surface area (Å²) in [4.78, 5) is -1.02. The molecule has 1 unspecified atom stereocenters. The van der Waals surface area contributed by atoms with Gasteiger partial charge in [-0.05, 0) is 25.3 Å². The van der Waals surface area contributed by atoms with Gasteiger partial charge in [-0.2, -0.15) is 0 Å². The Morgan fingerprint density at radius 2 is 2.30 bits per heavy atom. The van der Waals surface area contributed by atoms with Crippen LogP contribution in [0.25, 0.3) is 0 Å². The summed E-state index contributed by atoms with van der Waals surface area (Å²) >= 11 is 11.3. The first kappa shape index (κ1) is 7.92. The Morgan fingerprint density at radius 3 is 2.70 bits per heavy atom. The van der Waals surface area contributed by atoms with E-state index in [0.29, 0.717) is 10.1 Å². The summed E-state index contributed by atoms with van der Waals surface area (Å²) in [5, 5.41) is 12.0. The lowest BCUT2D eigenvalue weighted by molar-refractivity contribution is 0.400. The van der Waals surface area contributed by atoms with Gasteiger partial charge < -0.3 is 10.3 Å². The molecule has 1 aliphatic rings. The van der Waals surface area contributed by atoms with Crippen molar-refractivity contribution in [1.29, 1.82) is 0 Å². The Bertz CT molecular complexity index is 198. The number of hydrogen-bond acceptors (Lipinski definition) is 2. The topological polar surface area (TPSA) is 26.3 Å². The zero-order valence-electron chi connectivity index (χ0n) is 5.34. The number of nitrogens with zero attached hydrogens (tertiary/aromatic N) is 1. The summed E-state index contributed by atoms with van der Waals surface area (Å²) in [6, 6.07) is 0. The SMILES string of the molecule is CC1(Cl)C=C(Cl)C=CN1[O-]. The van der Waals surface area contributed by atoms with Gasteiger partial charge in [0, 0.05) is 5.03 Å². The molecule has 0 aromatic rings. The van der Waals surface area contributed by atoms with Gasteiger partial charge in [0.05, 0.1) is 0 Å². The van der Waals surface area contributed by atoms with Gasteiger partial charge in [0.15, 0.2) is 0 Å². The molecular formula is C6H6Cl2NO-. The molecule has 2 nitrogen and oxygen atoms in total. The number of halogens is 2. The second-order valence-corrected chi connectivity index (χ2v) is 3.40. The van der Waals surface area contributed by atoms with Crippen molar-refractivity contribution in [2.75, 3.05) is 0 Å². The van der Waals surface area contributed by atoms with Crippen molar-refractivity contribution in [2.45, 2.75) is 11.9 Å². The molecule has 1 atom stereocenters. The fourth-order valence-corrected chi connectivity index (χ4v) is 1.15. The van der Waals surface area contributed by atoms with Crippen LogP contribution in [0.1, 0.15) is 6.92 Å². The third-order valence-corrected chi connectivity index (χ3v) is 1.71. The smallest absolute Gasteiger partial charge is 0.122 e. The first-order valence-corrected chi connectivity index (χ1v) is 3.50. The molecule has 4 heteroatoms. The van der Waals surface area contributed by atoms with E-state index < -0.39 is 5.00 Å². The molecule has 0 fully saturated rings. The summed E-state index contributed by atoms with van der Waals surface area (Å²) < 4.78 is 0. The number of allylic oxidation sites excluding steroid dienone is 2. The van der Waals surface area contributed by atoms with Crippen LogP contribution in [-0.2, 0) is 0 Å². The van der Waals surface area contributed by atoms with E-state index in [0.717, 1.165) is 0 Å². The molecule has 10 heavy (non-hydrogen) atoms. The Labute approximate surface area is 69.3 Å². The number of hydroxylamine groups is 2. The van der Waals surface area contributed by atoms with Gasteiger partial charge in [-0.1, -0.05) is 23.2 Å². The van der Waals surface area contributed by atoms with Gasteiger partial charge in [-0.15, -0.1) is 0 Å². The van der Waals surface area contributed by atoms with Crippen LogP contribution in [0.2, 0.25) is 0 Å². The molecule has 1 aliphatic heterocycles. The molecule has 0 amide bonds. The number of rotatable bonds is 0.